The molecule has 26 heavy (non-hydrogen) atoms. The zero-order chi connectivity index (χ0) is 18.1. The van der Waals surface area contributed by atoms with Crippen LogP contribution >= 0.6 is 0 Å². The Bertz CT molecular complexity index is 929. The molecule has 0 saturated carbocycles. The number of para-hydroxylation sites is 2. The van der Waals surface area contributed by atoms with Gasteiger partial charge in [0.05, 0.1) is 25.3 Å². The van der Waals surface area contributed by atoms with Crippen molar-refractivity contribution >= 4 is 16.8 Å². The number of amides is 1. The smallest absolute Gasteiger partial charge is 0.274 e. The number of ether oxygens (including phenoxy) is 2. The fourth-order valence-corrected chi connectivity index (χ4v) is 3.38. The maximum atomic E-state index is 13.5. The normalized spacial score (nSPS) is 15.8. The van der Waals surface area contributed by atoms with E-state index in [1.165, 1.54) is 0 Å². The molecule has 5 nitrogen and oxygen atoms in total. The van der Waals surface area contributed by atoms with Gasteiger partial charge in [-0.05, 0) is 31.2 Å². The van der Waals surface area contributed by atoms with Crippen molar-refractivity contribution in [2.45, 2.75) is 13.0 Å². The first-order valence-electron chi connectivity index (χ1n) is 8.88. The van der Waals surface area contributed by atoms with Crippen LogP contribution in [-0.2, 0) is 4.74 Å². The highest BCUT2D eigenvalue weighted by Gasteiger charge is 2.32. The zero-order valence-electron chi connectivity index (χ0n) is 15.0. The number of fused-ring (bicyclic) bond motifs is 1. The molecule has 1 aromatic heterocycles. The first-order chi connectivity index (χ1) is 12.7. The molecule has 1 aliphatic rings. The fraction of sp³-hybridized carbons (Fsp3) is 0.286. The molecule has 3 aromatic rings. The monoisotopic (exact) mass is 350 g/mol. The summed E-state index contributed by atoms with van der Waals surface area (Å²) in [5.74, 6) is 0.574. The van der Waals surface area contributed by atoms with Gasteiger partial charge in [-0.1, -0.05) is 30.3 Å². The number of rotatable bonds is 6. The van der Waals surface area contributed by atoms with E-state index in [4.69, 9.17) is 9.47 Å². The van der Waals surface area contributed by atoms with Crippen molar-refractivity contribution < 1.29 is 14.3 Å². The second kappa shape index (κ2) is 6.84. The van der Waals surface area contributed by atoms with Crippen LogP contribution in [0.25, 0.3) is 16.6 Å². The molecule has 1 saturated heterocycles. The molecule has 0 radical (unpaired) electrons. The minimum absolute atomic E-state index is 0.0418. The van der Waals surface area contributed by atoms with E-state index < -0.39 is 0 Å². The Balaban J connectivity index is 1.93. The quantitative estimate of drug-likeness (QED) is 0.639. The fourth-order valence-electron chi connectivity index (χ4n) is 3.38. The molecule has 2 heterocycles. The number of benzene rings is 2. The number of epoxide rings is 1. The molecule has 2 aromatic carbocycles. The van der Waals surface area contributed by atoms with E-state index in [1.807, 2.05) is 71.0 Å². The Morgan fingerprint density at radius 2 is 1.88 bits per heavy atom. The summed E-state index contributed by atoms with van der Waals surface area (Å²) in [5.41, 5.74) is 2.45. The molecule has 5 heteroatoms. The van der Waals surface area contributed by atoms with E-state index in [9.17, 15) is 4.79 Å². The average molecular weight is 350 g/mol. The van der Waals surface area contributed by atoms with E-state index in [-0.39, 0.29) is 12.0 Å². The van der Waals surface area contributed by atoms with Crippen molar-refractivity contribution in [1.29, 1.82) is 0 Å². The van der Waals surface area contributed by atoms with Crippen LogP contribution in [0.2, 0.25) is 0 Å². The van der Waals surface area contributed by atoms with Crippen LogP contribution in [-0.4, -0.2) is 48.3 Å². The third-order valence-electron chi connectivity index (χ3n) is 4.74. The number of methoxy groups -OCH3 is 1. The minimum atomic E-state index is -0.0418. The standard InChI is InChI=1S/C21H22N2O3/c1-3-22(13-16-14-26-16)21(24)19-20(25-2)17-11-7-8-12-18(17)23(19)15-9-5-4-6-10-15/h4-12,16H,3,13-14H2,1-2H3. The van der Waals surface area contributed by atoms with Gasteiger partial charge in [0.25, 0.3) is 5.91 Å². The van der Waals surface area contributed by atoms with Gasteiger partial charge >= 0.3 is 0 Å². The number of carbonyl (C=O) groups excluding carboxylic acids is 1. The number of hydrogen-bond donors (Lipinski definition) is 0. The molecule has 0 bridgehead atoms. The summed E-state index contributed by atoms with van der Waals surface area (Å²) in [4.78, 5) is 15.3. The van der Waals surface area contributed by atoms with Crippen molar-refractivity contribution in [1.82, 2.24) is 9.47 Å². The topological polar surface area (TPSA) is 47.0 Å². The van der Waals surface area contributed by atoms with Gasteiger partial charge in [-0.3, -0.25) is 4.79 Å². The van der Waals surface area contributed by atoms with Gasteiger partial charge in [-0.2, -0.15) is 0 Å². The van der Waals surface area contributed by atoms with Crippen molar-refractivity contribution in [3.8, 4) is 11.4 Å². The Morgan fingerprint density at radius 1 is 1.19 bits per heavy atom. The summed E-state index contributed by atoms with van der Waals surface area (Å²) in [6, 6.07) is 17.9. The van der Waals surface area contributed by atoms with E-state index in [0.29, 0.717) is 24.5 Å². The van der Waals surface area contributed by atoms with Crippen LogP contribution in [0.15, 0.2) is 54.6 Å². The second-order valence-corrected chi connectivity index (χ2v) is 6.37. The highest BCUT2D eigenvalue weighted by molar-refractivity contribution is 6.05. The highest BCUT2D eigenvalue weighted by atomic mass is 16.6. The van der Waals surface area contributed by atoms with Gasteiger partial charge in [0.1, 0.15) is 0 Å². The summed E-state index contributed by atoms with van der Waals surface area (Å²) in [6.07, 6.45) is 0.152. The van der Waals surface area contributed by atoms with Crippen LogP contribution in [0.3, 0.4) is 0 Å². The summed E-state index contributed by atoms with van der Waals surface area (Å²) >= 11 is 0. The molecule has 0 N–H and O–H groups in total. The maximum Gasteiger partial charge on any atom is 0.274 e. The number of hydrogen-bond acceptors (Lipinski definition) is 3. The lowest BCUT2D eigenvalue weighted by Gasteiger charge is -2.21. The summed E-state index contributed by atoms with van der Waals surface area (Å²) in [6.45, 7) is 3.94. The van der Waals surface area contributed by atoms with Crippen LogP contribution in [0, 0.1) is 0 Å². The van der Waals surface area contributed by atoms with Gasteiger partial charge < -0.3 is 18.9 Å². The van der Waals surface area contributed by atoms with Crippen LogP contribution in [0.1, 0.15) is 17.4 Å². The molecule has 0 aliphatic carbocycles. The number of aromatic nitrogens is 1. The van der Waals surface area contributed by atoms with Crippen LogP contribution in [0.5, 0.6) is 5.75 Å². The lowest BCUT2D eigenvalue weighted by Crippen LogP contribution is -2.35. The maximum absolute atomic E-state index is 13.5. The summed E-state index contributed by atoms with van der Waals surface area (Å²) in [5, 5.41) is 0.931. The second-order valence-electron chi connectivity index (χ2n) is 6.37. The van der Waals surface area contributed by atoms with E-state index in [1.54, 1.807) is 7.11 Å². The molecule has 1 aliphatic heterocycles. The average Bonchev–Trinajstić information content (AvgIpc) is 3.45. The van der Waals surface area contributed by atoms with E-state index in [2.05, 4.69) is 0 Å². The van der Waals surface area contributed by atoms with Crippen molar-refractivity contribution in [2.75, 3.05) is 26.8 Å². The van der Waals surface area contributed by atoms with Crippen molar-refractivity contribution in [3.63, 3.8) is 0 Å². The largest absolute Gasteiger partial charge is 0.494 e. The Morgan fingerprint density at radius 3 is 2.54 bits per heavy atom. The Hall–Kier alpha value is -2.79. The zero-order valence-corrected chi connectivity index (χ0v) is 15.0. The van der Waals surface area contributed by atoms with E-state index in [0.717, 1.165) is 23.2 Å². The molecule has 4 rings (SSSR count). The molecular weight excluding hydrogens is 328 g/mol. The predicted molar refractivity (Wildman–Crippen MR) is 101 cm³/mol. The van der Waals surface area contributed by atoms with Crippen molar-refractivity contribution in [3.05, 3.63) is 60.3 Å². The number of carbonyl (C=O) groups is 1. The lowest BCUT2D eigenvalue weighted by molar-refractivity contribution is 0.0741. The first kappa shape index (κ1) is 16.7. The van der Waals surface area contributed by atoms with Crippen LogP contribution in [0.4, 0.5) is 0 Å². The SMILES string of the molecule is CCN(CC1CO1)C(=O)c1c(OC)c2ccccc2n1-c1ccccc1. The van der Waals surface area contributed by atoms with Gasteiger partial charge in [-0.25, -0.2) is 0 Å². The third kappa shape index (κ3) is 2.84. The van der Waals surface area contributed by atoms with Crippen molar-refractivity contribution in [2.24, 2.45) is 0 Å². The molecule has 0 spiro atoms. The molecular formula is C21H22N2O3. The molecule has 1 unspecified atom stereocenters. The highest BCUT2D eigenvalue weighted by Crippen LogP contribution is 2.36. The first-order valence-corrected chi connectivity index (χ1v) is 8.88. The Labute approximate surface area is 152 Å². The molecule has 1 atom stereocenters. The van der Waals surface area contributed by atoms with Gasteiger partial charge in [0.15, 0.2) is 11.4 Å². The lowest BCUT2D eigenvalue weighted by atomic mass is 10.2. The Kier molecular flexibility index (Phi) is 4.39. The minimum Gasteiger partial charge on any atom is -0.494 e. The molecule has 1 amide bonds. The van der Waals surface area contributed by atoms with Gasteiger partial charge in [0.2, 0.25) is 0 Å². The molecule has 134 valence electrons. The van der Waals surface area contributed by atoms with Crippen LogP contribution < -0.4 is 4.74 Å². The van der Waals surface area contributed by atoms with E-state index >= 15 is 0 Å². The third-order valence-corrected chi connectivity index (χ3v) is 4.74. The number of nitrogens with zero attached hydrogens (tertiary/aromatic N) is 2. The predicted octanol–water partition coefficient (Wildman–Crippen LogP) is 3.50. The van der Waals surface area contributed by atoms with Gasteiger partial charge in [0, 0.05) is 24.2 Å². The molecule has 1 fully saturated rings. The summed E-state index contributed by atoms with van der Waals surface area (Å²) in [7, 11) is 1.62. The number of likely N-dealkylation sites (N-methyl/N-ethyl adjacent to an activating group) is 1. The van der Waals surface area contributed by atoms with Gasteiger partial charge in [-0.15, -0.1) is 0 Å². The summed E-state index contributed by atoms with van der Waals surface area (Å²) < 4.78 is 13.0.